The highest BCUT2D eigenvalue weighted by molar-refractivity contribution is 7.14. The van der Waals surface area contributed by atoms with Crippen molar-refractivity contribution in [1.29, 1.82) is 0 Å². The molecule has 1 aliphatic rings. The number of nitrogens with zero attached hydrogens (tertiary/aromatic N) is 1. The monoisotopic (exact) mass is 601 g/mol. The summed E-state index contributed by atoms with van der Waals surface area (Å²) in [6.45, 7) is 0. The highest BCUT2D eigenvalue weighted by Gasteiger charge is 2.67. The van der Waals surface area contributed by atoms with Crippen LogP contribution in [0.1, 0.15) is 27.5 Å². The number of hydrogen-bond donors (Lipinski definition) is 2. The van der Waals surface area contributed by atoms with Crippen LogP contribution in [0, 0.1) is 5.92 Å². The van der Waals surface area contributed by atoms with E-state index in [2.05, 4.69) is 15.6 Å². The van der Waals surface area contributed by atoms with Crippen LogP contribution in [-0.2, 0) is 11.0 Å². The lowest BCUT2D eigenvalue weighted by Crippen LogP contribution is -2.18. The van der Waals surface area contributed by atoms with E-state index >= 15 is 0 Å². The summed E-state index contributed by atoms with van der Waals surface area (Å²) in [5.74, 6) is -2.76. The molecule has 0 saturated heterocycles. The fourth-order valence-corrected chi connectivity index (χ4v) is 5.73. The van der Waals surface area contributed by atoms with Crippen molar-refractivity contribution < 1.29 is 22.8 Å². The molecule has 4 rings (SSSR count). The minimum atomic E-state index is -4.64. The highest BCUT2D eigenvalue weighted by Crippen LogP contribution is 2.65. The van der Waals surface area contributed by atoms with E-state index in [4.69, 9.17) is 58.0 Å². The van der Waals surface area contributed by atoms with Gasteiger partial charge in [-0.15, -0.1) is 34.5 Å². The van der Waals surface area contributed by atoms with Crippen molar-refractivity contribution in [2.24, 2.45) is 5.92 Å². The summed E-state index contributed by atoms with van der Waals surface area (Å²) in [4.78, 5) is 28.8. The van der Waals surface area contributed by atoms with Gasteiger partial charge in [0.05, 0.1) is 16.5 Å². The van der Waals surface area contributed by atoms with Crippen molar-refractivity contribution >= 4 is 92.0 Å². The topological polar surface area (TPSA) is 71.1 Å². The molecule has 2 aromatic carbocycles. The van der Waals surface area contributed by atoms with Gasteiger partial charge >= 0.3 is 6.18 Å². The molecule has 2 unspecified atom stereocenters. The summed E-state index contributed by atoms with van der Waals surface area (Å²) in [7, 11) is 0. The molecule has 35 heavy (non-hydrogen) atoms. The number of benzene rings is 2. The van der Waals surface area contributed by atoms with E-state index < -0.39 is 39.9 Å². The predicted molar refractivity (Wildman–Crippen MR) is 132 cm³/mol. The number of rotatable bonds is 5. The zero-order valence-electron chi connectivity index (χ0n) is 16.9. The number of aromatic nitrogens is 1. The molecule has 1 saturated carbocycles. The molecule has 14 heteroatoms. The Labute approximate surface area is 225 Å². The average Bonchev–Trinajstić information content (AvgIpc) is 3.05. The second-order valence-corrected chi connectivity index (χ2v) is 11.1. The minimum absolute atomic E-state index is 0.00926. The van der Waals surface area contributed by atoms with Crippen molar-refractivity contribution in [1.82, 2.24) is 4.98 Å². The molecule has 0 aliphatic heterocycles. The Morgan fingerprint density at radius 2 is 1.66 bits per heavy atom. The third-order valence-corrected chi connectivity index (χ3v) is 7.54. The molecule has 2 atom stereocenters. The van der Waals surface area contributed by atoms with Crippen LogP contribution < -0.4 is 10.6 Å². The normalized spacial score (nSPS) is 18.7. The number of alkyl halides is 5. The molecular weight excluding hydrogens is 593 g/mol. The zero-order chi connectivity index (χ0) is 25.7. The van der Waals surface area contributed by atoms with E-state index in [1.54, 1.807) is 12.1 Å². The third-order valence-electron chi connectivity index (χ3n) is 5.07. The molecule has 2 amide bonds. The first-order valence-electron chi connectivity index (χ1n) is 9.55. The van der Waals surface area contributed by atoms with Gasteiger partial charge in [-0.3, -0.25) is 14.9 Å². The Hall–Kier alpha value is -1.75. The summed E-state index contributed by atoms with van der Waals surface area (Å²) in [5, 5.41) is 6.13. The van der Waals surface area contributed by atoms with Crippen LogP contribution in [0.3, 0.4) is 0 Å². The van der Waals surface area contributed by atoms with Crippen molar-refractivity contribution in [3.63, 3.8) is 0 Å². The fraction of sp³-hybridized carbons (Fsp3) is 0.190. The van der Waals surface area contributed by atoms with Crippen LogP contribution in [-0.4, -0.2) is 21.1 Å². The number of thiazole rings is 1. The number of carbonyl (C=O) groups is 2. The van der Waals surface area contributed by atoms with E-state index in [-0.39, 0.29) is 21.4 Å². The van der Waals surface area contributed by atoms with Crippen molar-refractivity contribution in [3.8, 4) is 0 Å². The van der Waals surface area contributed by atoms with Gasteiger partial charge in [0.25, 0.3) is 5.91 Å². The molecule has 0 bridgehead atoms. The first-order valence-corrected chi connectivity index (χ1v) is 12.3. The van der Waals surface area contributed by atoms with E-state index in [9.17, 15) is 22.8 Å². The summed E-state index contributed by atoms with van der Waals surface area (Å²) in [5.41, 5.74) is -0.440. The molecule has 0 radical (unpaired) electrons. The quantitative estimate of drug-likeness (QED) is 0.291. The predicted octanol–water partition coefficient (Wildman–Crippen LogP) is 7.90. The van der Waals surface area contributed by atoms with Gasteiger partial charge < -0.3 is 5.32 Å². The van der Waals surface area contributed by atoms with Crippen molar-refractivity contribution in [2.45, 2.75) is 16.4 Å². The first kappa shape index (κ1) is 26.3. The van der Waals surface area contributed by atoms with Crippen LogP contribution in [0.5, 0.6) is 0 Å². The van der Waals surface area contributed by atoms with Gasteiger partial charge in [-0.05, 0) is 42.0 Å². The average molecular weight is 604 g/mol. The lowest BCUT2D eigenvalue weighted by Gasteiger charge is -2.09. The van der Waals surface area contributed by atoms with Crippen LogP contribution >= 0.6 is 69.3 Å². The number of carbonyl (C=O) groups excluding carboxylic acids is 2. The molecule has 3 aromatic rings. The molecule has 1 aliphatic carbocycles. The maximum atomic E-state index is 12.9. The molecular formula is C21H11Cl5F3N3O2S. The summed E-state index contributed by atoms with van der Waals surface area (Å²) in [6, 6.07) is 8.82. The summed E-state index contributed by atoms with van der Waals surface area (Å²) < 4.78 is 36.8. The fourth-order valence-electron chi connectivity index (χ4n) is 3.45. The maximum Gasteiger partial charge on any atom is 0.434 e. The largest absolute Gasteiger partial charge is 0.434 e. The second kappa shape index (κ2) is 9.61. The van der Waals surface area contributed by atoms with Gasteiger partial charge in [-0.1, -0.05) is 34.8 Å². The smallest absolute Gasteiger partial charge is 0.326 e. The van der Waals surface area contributed by atoms with Gasteiger partial charge in [0.2, 0.25) is 5.91 Å². The van der Waals surface area contributed by atoms with Crippen LogP contribution in [0.25, 0.3) is 0 Å². The van der Waals surface area contributed by atoms with E-state index in [0.29, 0.717) is 26.9 Å². The minimum Gasteiger partial charge on any atom is -0.326 e. The molecule has 1 heterocycles. The van der Waals surface area contributed by atoms with Crippen molar-refractivity contribution in [3.05, 3.63) is 73.7 Å². The lowest BCUT2D eigenvalue weighted by atomic mass is 10.1. The Balaban J connectivity index is 1.49. The van der Waals surface area contributed by atoms with E-state index in [0.717, 1.165) is 5.38 Å². The summed E-state index contributed by atoms with van der Waals surface area (Å²) >= 11 is 31.5. The maximum absolute atomic E-state index is 12.9. The Morgan fingerprint density at radius 3 is 2.26 bits per heavy atom. The number of halogens is 8. The van der Waals surface area contributed by atoms with Crippen LogP contribution in [0.4, 0.5) is 24.0 Å². The zero-order valence-corrected chi connectivity index (χ0v) is 21.5. The number of anilines is 2. The van der Waals surface area contributed by atoms with Gasteiger partial charge in [0, 0.05) is 27.0 Å². The number of amides is 2. The van der Waals surface area contributed by atoms with E-state index in [1.165, 1.54) is 24.3 Å². The Bertz CT molecular complexity index is 1310. The molecule has 2 N–H and O–H groups in total. The molecule has 1 fully saturated rings. The van der Waals surface area contributed by atoms with Gasteiger partial charge in [-0.25, -0.2) is 4.98 Å². The second-order valence-electron chi connectivity index (χ2n) is 7.51. The third kappa shape index (κ3) is 5.65. The van der Waals surface area contributed by atoms with Gasteiger partial charge in [0.1, 0.15) is 4.33 Å². The number of hydrogen-bond acceptors (Lipinski definition) is 4. The Kier molecular flexibility index (Phi) is 7.23. The van der Waals surface area contributed by atoms with E-state index in [1.807, 2.05) is 0 Å². The lowest BCUT2D eigenvalue weighted by molar-refractivity contribution is -0.140. The van der Waals surface area contributed by atoms with Gasteiger partial charge in [0.15, 0.2) is 10.8 Å². The SMILES string of the molecule is O=C(Nc1nc(C(F)(F)F)cs1)c1cc(NC(=O)C2C(c3cc(Cl)cc(Cl)c3)C2(Cl)Cl)ccc1Cl. The highest BCUT2D eigenvalue weighted by atomic mass is 35.5. The van der Waals surface area contributed by atoms with Gasteiger partial charge in [-0.2, -0.15) is 13.2 Å². The van der Waals surface area contributed by atoms with Crippen LogP contribution in [0.15, 0.2) is 41.8 Å². The molecule has 5 nitrogen and oxygen atoms in total. The number of nitrogens with one attached hydrogen (secondary N) is 2. The summed E-state index contributed by atoms with van der Waals surface area (Å²) in [6.07, 6.45) is -4.64. The molecule has 0 spiro atoms. The standard InChI is InChI=1S/C21H11Cl5F3N3O2S/c22-9-3-8(4-10(23)5-9)15-16(20(15,25)26)18(34)30-11-1-2-13(24)12(6-11)17(33)32-19-31-14(7-35-19)21(27,28)29/h1-7,15-16H,(H,30,34)(H,31,32,33). The van der Waals surface area contributed by atoms with Crippen LogP contribution in [0.2, 0.25) is 15.1 Å². The molecule has 184 valence electrons. The molecule has 1 aromatic heterocycles. The van der Waals surface area contributed by atoms with Crippen molar-refractivity contribution in [2.75, 3.05) is 10.6 Å². The first-order chi connectivity index (χ1) is 16.3. The Morgan fingerprint density at radius 1 is 1.00 bits per heavy atom.